The quantitative estimate of drug-likeness (QED) is 0.552. The molecule has 196 valence electrons. The second kappa shape index (κ2) is 12.6. The van der Waals surface area contributed by atoms with Crippen LogP contribution in [0.15, 0.2) is 48.5 Å². The Hall–Kier alpha value is -2.51. The molecule has 2 atom stereocenters. The van der Waals surface area contributed by atoms with Crippen LogP contribution in [0.5, 0.6) is 0 Å². The molecule has 2 aromatic rings. The van der Waals surface area contributed by atoms with E-state index >= 15 is 0 Å². The van der Waals surface area contributed by atoms with Crippen LogP contribution in [0.1, 0.15) is 38.7 Å². The minimum Gasteiger partial charge on any atom is -0.367 e. The number of hydrogen-bond acceptors (Lipinski definition) is 4. The van der Waals surface area contributed by atoms with Gasteiger partial charge in [-0.1, -0.05) is 38.1 Å². The van der Waals surface area contributed by atoms with E-state index in [4.69, 9.17) is 0 Å². The van der Waals surface area contributed by atoms with E-state index in [-0.39, 0.29) is 17.5 Å². The maximum atomic E-state index is 14.3. The molecule has 2 aliphatic rings. The number of carbonyl (C=O) groups excluding carboxylic acids is 1. The predicted octanol–water partition coefficient (Wildman–Crippen LogP) is 4.53. The van der Waals surface area contributed by atoms with Gasteiger partial charge in [-0.15, -0.1) is 0 Å². The molecule has 5 nitrogen and oxygen atoms in total. The fourth-order valence-electron chi connectivity index (χ4n) is 5.80. The molecule has 0 bridgehead atoms. The van der Waals surface area contributed by atoms with E-state index in [1.807, 2.05) is 18.2 Å². The summed E-state index contributed by atoms with van der Waals surface area (Å²) in [4.78, 5) is 19.9. The van der Waals surface area contributed by atoms with Crippen LogP contribution < -0.4 is 10.2 Å². The van der Waals surface area contributed by atoms with Crippen molar-refractivity contribution < 1.29 is 13.6 Å². The van der Waals surface area contributed by atoms with E-state index in [0.717, 1.165) is 64.2 Å². The first-order valence-corrected chi connectivity index (χ1v) is 13.4. The molecule has 2 aliphatic heterocycles. The number of halogens is 2. The summed E-state index contributed by atoms with van der Waals surface area (Å²) < 4.78 is 27.7. The molecule has 0 unspecified atom stereocenters. The number of benzene rings is 2. The third-order valence-electron chi connectivity index (χ3n) is 7.50. The van der Waals surface area contributed by atoms with Crippen molar-refractivity contribution >= 4 is 11.6 Å². The molecule has 0 aliphatic carbocycles. The Morgan fingerprint density at radius 3 is 2.53 bits per heavy atom. The van der Waals surface area contributed by atoms with Crippen LogP contribution >= 0.6 is 0 Å². The summed E-state index contributed by atoms with van der Waals surface area (Å²) in [7, 11) is 0. The number of anilines is 1. The summed E-state index contributed by atoms with van der Waals surface area (Å²) in [5.74, 6) is 0.601. The highest BCUT2D eigenvalue weighted by molar-refractivity contribution is 5.75. The van der Waals surface area contributed by atoms with Gasteiger partial charge in [0.1, 0.15) is 11.6 Å². The molecule has 2 saturated heterocycles. The third kappa shape index (κ3) is 7.26. The number of nitrogens with zero attached hydrogens (tertiary/aromatic N) is 3. The zero-order valence-electron chi connectivity index (χ0n) is 21.6. The van der Waals surface area contributed by atoms with Gasteiger partial charge < -0.3 is 15.1 Å². The van der Waals surface area contributed by atoms with E-state index in [2.05, 4.69) is 33.9 Å². The number of likely N-dealkylation sites (tertiary alicyclic amines) is 1. The Kier molecular flexibility index (Phi) is 9.32. The highest BCUT2D eigenvalue weighted by Crippen LogP contribution is 2.29. The van der Waals surface area contributed by atoms with Crippen LogP contribution in [0.3, 0.4) is 0 Å². The smallest absolute Gasteiger partial charge is 0.220 e. The van der Waals surface area contributed by atoms with Gasteiger partial charge in [0.05, 0.1) is 5.69 Å². The van der Waals surface area contributed by atoms with Gasteiger partial charge in [0, 0.05) is 58.3 Å². The predicted molar refractivity (Wildman–Crippen MR) is 141 cm³/mol. The topological polar surface area (TPSA) is 38.8 Å². The molecule has 0 saturated carbocycles. The third-order valence-corrected chi connectivity index (χ3v) is 7.50. The zero-order valence-corrected chi connectivity index (χ0v) is 21.6. The maximum absolute atomic E-state index is 14.3. The van der Waals surface area contributed by atoms with Crippen LogP contribution in [0.25, 0.3) is 0 Å². The number of hydrogen-bond donors (Lipinski definition) is 1. The van der Waals surface area contributed by atoms with Crippen molar-refractivity contribution in [2.75, 3.05) is 50.7 Å². The maximum Gasteiger partial charge on any atom is 0.220 e. The molecular formula is C29H40F2N4O. The van der Waals surface area contributed by atoms with Crippen molar-refractivity contribution in [3.8, 4) is 0 Å². The zero-order chi connectivity index (χ0) is 25.5. The number of piperidine rings is 1. The number of para-hydroxylation sites is 1. The van der Waals surface area contributed by atoms with E-state index in [1.54, 1.807) is 12.1 Å². The Morgan fingerprint density at radius 1 is 1.03 bits per heavy atom. The van der Waals surface area contributed by atoms with Crippen molar-refractivity contribution in [1.82, 2.24) is 15.1 Å². The lowest BCUT2D eigenvalue weighted by Crippen LogP contribution is -2.57. The molecule has 0 spiro atoms. The van der Waals surface area contributed by atoms with Gasteiger partial charge in [-0.2, -0.15) is 0 Å². The molecule has 36 heavy (non-hydrogen) atoms. The van der Waals surface area contributed by atoms with Gasteiger partial charge in [0.2, 0.25) is 5.91 Å². The second-order valence-corrected chi connectivity index (χ2v) is 10.7. The minimum atomic E-state index is -0.285. The average molecular weight is 499 g/mol. The molecule has 2 fully saturated rings. The second-order valence-electron chi connectivity index (χ2n) is 10.7. The molecular weight excluding hydrogens is 458 g/mol. The van der Waals surface area contributed by atoms with Gasteiger partial charge in [-0.3, -0.25) is 9.69 Å². The normalized spacial score (nSPS) is 21.6. The van der Waals surface area contributed by atoms with Gasteiger partial charge in [-0.25, -0.2) is 8.78 Å². The molecule has 1 N–H and O–H groups in total. The van der Waals surface area contributed by atoms with Gasteiger partial charge in [0.25, 0.3) is 0 Å². The number of piperazine rings is 1. The van der Waals surface area contributed by atoms with E-state index in [0.29, 0.717) is 36.5 Å². The van der Waals surface area contributed by atoms with Crippen molar-refractivity contribution in [3.63, 3.8) is 0 Å². The number of carbonyl (C=O) groups is 1. The lowest BCUT2D eigenvalue weighted by atomic mass is 9.86. The van der Waals surface area contributed by atoms with Crippen LogP contribution in [-0.4, -0.2) is 67.6 Å². The highest BCUT2D eigenvalue weighted by atomic mass is 19.1. The summed E-state index contributed by atoms with van der Waals surface area (Å²) in [6.07, 6.45) is 2.41. The lowest BCUT2D eigenvalue weighted by molar-refractivity contribution is -0.121. The SMILES string of the molecule is CC(C)CN1CC[C@@H](N2CCN(c3ccccc3F)CC2)[C@@H](CCC(=O)NCc2cccc(F)c2)C1. The van der Waals surface area contributed by atoms with Crippen molar-refractivity contribution in [2.45, 2.75) is 45.7 Å². The number of amides is 1. The Balaban J connectivity index is 1.33. The van der Waals surface area contributed by atoms with Gasteiger partial charge in [0.15, 0.2) is 0 Å². The van der Waals surface area contributed by atoms with Crippen molar-refractivity contribution in [1.29, 1.82) is 0 Å². The van der Waals surface area contributed by atoms with Gasteiger partial charge >= 0.3 is 0 Å². The lowest BCUT2D eigenvalue weighted by Gasteiger charge is -2.47. The van der Waals surface area contributed by atoms with Crippen LogP contribution in [0, 0.1) is 23.5 Å². The minimum absolute atomic E-state index is 0.0170. The summed E-state index contributed by atoms with van der Waals surface area (Å²) in [5.41, 5.74) is 1.46. The Labute approximate surface area is 214 Å². The molecule has 7 heteroatoms. The van der Waals surface area contributed by atoms with E-state index in [1.165, 1.54) is 18.2 Å². The first-order chi connectivity index (χ1) is 17.4. The fourth-order valence-corrected chi connectivity index (χ4v) is 5.80. The van der Waals surface area contributed by atoms with Crippen LogP contribution in [-0.2, 0) is 11.3 Å². The first kappa shape index (κ1) is 26.6. The van der Waals surface area contributed by atoms with E-state index in [9.17, 15) is 13.6 Å². The molecule has 2 aromatic carbocycles. The summed E-state index contributed by atoms with van der Waals surface area (Å²) >= 11 is 0. The number of nitrogens with one attached hydrogen (secondary N) is 1. The number of rotatable bonds is 9. The highest BCUT2D eigenvalue weighted by Gasteiger charge is 2.35. The molecule has 1 amide bonds. The largest absolute Gasteiger partial charge is 0.367 e. The molecule has 0 radical (unpaired) electrons. The average Bonchev–Trinajstić information content (AvgIpc) is 2.86. The van der Waals surface area contributed by atoms with Crippen LogP contribution in [0.2, 0.25) is 0 Å². The van der Waals surface area contributed by atoms with Crippen LogP contribution in [0.4, 0.5) is 14.5 Å². The van der Waals surface area contributed by atoms with Crippen molar-refractivity contribution in [2.24, 2.45) is 11.8 Å². The fraction of sp³-hybridized carbons (Fsp3) is 0.552. The molecule has 0 aromatic heterocycles. The molecule has 4 rings (SSSR count). The van der Waals surface area contributed by atoms with Crippen molar-refractivity contribution in [3.05, 3.63) is 65.7 Å². The first-order valence-electron chi connectivity index (χ1n) is 13.4. The summed E-state index contributed by atoms with van der Waals surface area (Å²) in [6.45, 7) is 11.5. The van der Waals surface area contributed by atoms with E-state index < -0.39 is 0 Å². The Morgan fingerprint density at radius 2 is 1.81 bits per heavy atom. The monoisotopic (exact) mass is 498 g/mol. The van der Waals surface area contributed by atoms with Gasteiger partial charge in [-0.05, 0) is 61.1 Å². The standard InChI is InChI=1S/C29H40F2N4O/c1-22(2)20-33-13-12-27(34-14-16-35(17-15-34)28-9-4-3-8-26(28)31)24(21-33)10-11-29(36)32-19-23-6-5-7-25(30)18-23/h3-9,18,22,24,27H,10-17,19-21H2,1-2H3,(H,32,36)/t24-,27+/m0/s1. The Bertz CT molecular complexity index is 993. The summed E-state index contributed by atoms with van der Waals surface area (Å²) in [5, 5.41) is 2.96. The summed E-state index contributed by atoms with van der Waals surface area (Å²) in [6, 6.07) is 13.8. The molecule has 2 heterocycles.